The number of aryl methyl sites for hydroxylation is 2. The fourth-order valence-corrected chi connectivity index (χ4v) is 2.26. The quantitative estimate of drug-likeness (QED) is 0.906. The van der Waals surface area contributed by atoms with Gasteiger partial charge in [0.25, 0.3) is 5.91 Å². The summed E-state index contributed by atoms with van der Waals surface area (Å²) in [6.07, 6.45) is 0. The Balaban J connectivity index is 2.30. The molecule has 1 heterocycles. The Hall–Kier alpha value is -2.56. The van der Waals surface area contributed by atoms with Crippen LogP contribution in [0.5, 0.6) is 0 Å². The Morgan fingerprint density at radius 3 is 2.19 bits per heavy atom. The Kier molecular flexibility index (Phi) is 4.12. The van der Waals surface area contributed by atoms with Crippen molar-refractivity contribution in [2.45, 2.75) is 26.8 Å². The van der Waals surface area contributed by atoms with E-state index < -0.39 is 17.9 Å². The van der Waals surface area contributed by atoms with Gasteiger partial charge in [0, 0.05) is 5.56 Å². The molecule has 1 aromatic carbocycles. The number of rotatable bonds is 4. The number of carboxylic acid groups (broad SMARTS) is 1. The maximum Gasteiger partial charge on any atom is 0.330 e. The lowest BCUT2D eigenvalue weighted by Crippen LogP contribution is -2.34. The first-order chi connectivity index (χ1) is 9.91. The number of benzene rings is 1. The van der Waals surface area contributed by atoms with E-state index in [9.17, 15) is 14.7 Å². The number of carbonyl (C=O) groups excluding carboxylic acids is 1. The van der Waals surface area contributed by atoms with Gasteiger partial charge < -0.3 is 14.8 Å². The zero-order chi connectivity index (χ0) is 15.6. The SMILES string of the molecule is Cc1oc(C)c(C(=O)N[C@@H](C(=O)O)c2ccccc2)c1C. The van der Waals surface area contributed by atoms with Crippen molar-refractivity contribution in [3.8, 4) is 0 Å². The molecule has 1 aromatic heterocycles. The smallest absolute Gasteiger partial charge is 0.330 e. The van der Waals surface area contributed by atoms with E-state index in [0.29, 0.717) is 22.6 Å². The van der Waals surface area contributed by atoms with Crippen LogP contribution in [-0.4, -0.2) is 17.0 Å². The summed E-state index contributed by atoms with van der Waals surface area (Å²) in [4.78, 5) is 23.8. The maximum absolute atomic E-state index is 12.4. The van der Waals surface area contributed by atoms with Crippen molar-refractivity contribution in [3.63, 3.8) is 0 Å². The van der Waals surface area contributed by atoms with Gasteiger partial charge in [-0.05, 0) is 26.3 Å². The van der Waals surface area contributed by atoms with Gasteiger partial charge in [-0.1, -0.05) is 30.3 Å². The van der Waals surface area contributed by atoms with Crippen molar-refractivity contribution in [2.75, 3.05) is 0 Å². The third-order valence-electron chi connectivity index (χ3n) is 3.44. The fraction of sp³-hybridized carbons (Fsp3) is 0.250. The molecular formula is C16H17NO4. The molecule has 2 rings (SSSR count). The Labute approximate surface area is 122 Å². The molecule has 5 heteroatoms. The number of hydrogen-bond acceptors (Lipinski definition) is 3. The van der Waals surface area contributed by atoms with Crippen LogP contribution in [0.25, 0.3) is 0 Å². The van der Waals surface area contributed by atoms with Gasteiger partial charge in [-0.2, -0.15) is 0 Å². The maximum atomic E-state index is 12.4. The molecule has 0 fully saturated rings. The van der Waals surface area contributed by atoms with Gasteiger partial charge in [-0.25, -0.2) is 4.79 Å². The van der Waals surface area contributed by atoms with Crippen LogP contribution in [0.3, 0.4) is 0 Å². The zero-order valence-corrected chi connectivity index (χ0v) is 12.1. The van der Waals surface area contributed by atoms with E-state index in [-0.39, 0.29) is 0 Å². The van der Waals surface area contributed by atoms with Crippen molar-refractivity contribution >= 4 is 11.9 Å². The number of nitrogens with one attached hydrogen (secondary N) is 1. The molecule has 0 bridgehead atoms. The lowest BCUT2D eigenvalue weighted by atomic mass is 10.1. The van der Waals surface area contributed by atoms with Gasteiger partial charge >= 0.3 is 5.97 Å². The number of carboxylic acids is 1. The second-order valence-electron chi connectivity index (χ2n) is 4.87. The average molecular weight is 287 g/mol. The van der Waals surface area contributed by atoms with Crippen molar-refractivity contribution in [1.82, 2.24) is 5.32 Å². The van der Waals surface area contributed by atoms with Crippen molar-refractivity contribution in [2.24, 2.45) is 0 Å². The molecule has 0 saturated carbocycles. The average Bonchev–Trinajstić information content (AvgIpc) is 2.70. The van der Waals surface area contributed by atoms with Gasteiger partial charge in [-0.15, -0.1) is 0 Å². The predicted octanol–water partition coefficient (Wildman–Crippen LogP) is 2.76. The van der Waals surface area contributed by atoms with Crippen LogP contribution in [0.15, 0.2) is 34.7 Å². The van der Waals surface area contributed by atoms with Crippen molar-refractivity contribution in [1.29, 1.82) is 0 Å². The Morgan fingerprint density at radius 1 is 1.10 bits per heavy atom. The van der Waals surface area contributed by atoms with Crippen LogP contribution in [-0.2, 0) is 4.79 Å². The summed E-state index contributed by atoms with van der Waals surface area (Å²) < 4.78 is 5.41. The van der Waals surface area contributed by atoms with E-state index in [1.165, 1.54) is 0 Å². The number of hydrogen-bond donors (Lipinski definition) is 2. The first kappa shape index (κ1) is 14.8. The van der Waals surface area contributed by atoms with Gasteiger partial charge in [0.1, 0.15) is 11.5 Å². The summed E-state index contributed by atoms with van der Waals surface area (Å²) in [6.45, 7) is 5.23. The van der Waals surface area contributed by atoms with E-state index in [1.54, 1.807) is 51.1 Å². The third kappa shape index (κ3) is 2.97. The molecule has 0 aliphatic heterocycles. The minimum Gasteiger partial charge on any atom is -0.479 e. The minimum atomic E-state index is -1.11. The molecule has 110 valence electrons. The third-order valence-corrected chi connectivity index (χ3v) is 3.44. The van der Waals surface area contributed by atoms with Crippen LogP contribution < -0.4 is 5.32 Å². The second kappa shape index (κ2) is 5.83. The molecule has 0 aliphatic rings. The molecule has 21 heavy (non-hydrogen) atoms. The Morgan fingerprint density at radius 2 is 1.71 bits per heavy atom. The number of aliphatic carboxylic acids is 1. The van der Waals surface area contributed by atoms with Crippen LogP contribution >= 0.6 is 0 Å². The molecule has 2 aromatic rings. The first-order valence-corrected chi connectivity index (χ1v) is 6.57. The van der Waals surface area contributed by atoms with E-state index in [4.69, 9.17) is 4.42 Å². The topological polar surface area (TPSA) is 79.5 Å². The molecule has 1 atom stereocenters. The largest absolute Gasteiger partial charge is 0.479 e. The Bertz CT molecular complexity index is 673. The molecule has 2 N–H and O–H groups in total. The lowest BCUT2D eigenvalue weighted by molar-refractivity contribution is -0.139. The van der Waals surface area contributed by atoms with Gasteiger partial charge in [0.15, 0.2) is 6.04 Å². The van der Waals surface area contributed by atoms with Crippen LogP contribution in [0.4, 0.5) is 0 Å². The summed E-state index contributed by atoms with van der Waals surface area (Å²) >= 11 is 0. The van der Waals surface area contributed by atoms with Gasteiger partial charge in [0.05, 0.1) is 5.56 Å². The highest BCUT2D eigenvalue weighted by Crippen LogP contribution is 2.22. The highest BCUT2D eigenvalue weighted by atomic mass is 16.4. The zero-order valence-electron chi connectivity index (χ0n) is 12.1. The molecule has 0 unspecified atom stereocenters. The molecule has 0 radical (unpaired) electrons. The number of amides is 1. The molecule has 0 aliphatic carbocycles. The van der Waals surface area contributed by atoms with Gasteiger partial charge in [-0.3, -0.25) is 4.79 Å². The summed E-state index contributed by atoms with van der Waals surface area (Å²) in [5.41, 5.74) is 1.64. The lowest BCUT2D eigenvalue weighted by Gasteiger charge is -2.15. The summed E-state index contributed by atoms with van der Waals surface area (Å²) in [5, 5.41) is 11.9. The number of furan rings is 1. The van der Waals surface area contributed by atoms with Crippen molar-refractivity contribution < 1.29 is 19.1 Å². The summed E-state index contributed by atoms with van der Waals surface area (Å²) in [6, 6.07) is 7.50. The van der Waals surface area contributed by atoms with E-state index in [1.807, 2.05) is 0 Å². The first-order valence-electron chi connectivity index (χ1n) is 6.57. The molecule has 0 saturated heterocycles. The molecular weight excluding hydrogens is 270 g/mol. The van der Waals surface area contributed by atoms with E-state index in [0.717, 1.165) is 5.56 Å². The predicted molar refractivity (Wildman–Crippen MR) is 77.2 cm³/mol. The second-order valence-corrected chi connectivity index (χ2v) is 4.87. The molecule has 1 amide bonds. The highest BCUT2D eigenvalue weighted by molar-refractivity contribution is 5.99. The van der Waals surface area contributed by atoms with Crippen LogP contribution in [0.1, 0.15) is 39.0 Å². The molecule has 0 spiro atoms. The monoisotopic (exact) mass is 287 g/mol. The van der Waals surface area contributed by atoms with Crippen LogP contribution in [0.2, 0.25) is 0 Å². The van der Waals surface area contributed by atoms with Crippen LogP contribution in [0, 0.1) is 20.8 Å². The fourth-order valence-electron chi connectivity index (χ4n) is 2.26. The van der Waals surface area contributed by atoms with E-state index >= 15 is 0 Å². The summed E-state index contributed by atoms with van der Waals surface area (Å²) in [5.74, 6) is -0.410. The normalized spacial score (nSPS) is 12.0. The minimum absolute atomic E-state index is 0.398. The standard InChI is InChI=1S/C16H17NO4/c1-9-10(2)21-11(3)13(9)15(18)17-14(16(19)20)12-7-5-4-6-8-12/h4-8,14H,1-3H3,(H,17,18)(H,19,20)/t14-/m1/s1. The van der Waals surface area contributed by atoms with Crippen molar-refractivity contribution in [3.05, 3.63) is 58.5 Å². The highest BCUT2D eigenvalue weighted by Gasteiger charge is 2.26. The molecule has 5 nitrogen and oxygen atoms in total. The summed E-state index contributed by atoms with van der Waals surface area (Å²) in [7, 11) is 0. The number of carbonyl (C=O) groups is 2. The van der Waals surface area contributed by atoms with E-state index in [2.05, 4.69) is 5.32 Å². The van der Waals surface area contributed by atoms with Gasteiger partial charge in [0.2, 0.25) is 0 Å².